The molecular formula is C21H23BrN2O4S. The van der Waals surface area contributed by atoms with E-state index in [1.165, 1.54) is 11.8 Å². The molecule has 8 heteroatoms. The van der Waals surface area contributed by atoms with Crippen molar-refractivity contribution in [3.05, 3.63) is 57.6 Å². The van der Waals surface area contributed by atoms with Crippen LogP contribution in [0, 0.1) is 20.8 Å². The van der Waals surface area contributed by atoms with Crippen LogP contribution in [0.1, 0.15) is 16.7 Å². The van der Waals surface area contributed by atoms with Gasteiger partial charge in [0.1, 0.15) is 0 Å². The minimum absolute atomic E-state index is 0.0986. The molecule has 0 heterocycles. The lowest BCUT2D eigenvalue weighted by atomic mass is 10.1. The highest BCUT2D eigenvalue weighted by Crippen LogP contribution is 2.22. The zero-order chi connectivity index (χ0) is 21.4. The molecule has 2 N–H and O–H groups in total. The van der Waals surface area contributed by atoms with Gasteiger partial charge in [0, 0.05) is 15.1 Å². The first-order valence-corrected chi connectivity index (χ1v) is 10.7. The minimum Gasteiger partial charge on any atom is -0.455 e. The Morgan fingerprint density at radius 1 is 1.00 bits per heavy atom. The number of carbonyl (C=O) groups excluding carboxylic acids is 3. The Bertz CT molecular complexity index is 877. The van der Waals surface area contributed by atoms with E-state index in [-0.39, 0.29) is 18.2 Å². The fourth-order valence-corrected chi connectivity index (χ4v) is 3.61. The number of esters is 1. The summed E-state index contributed by atoms with van der Waals surface area (Å²) >= 11 is 4.67. The first-order chi connectivity index (χ1) is 13.7. The van der Waals surface area contributed by atoms with Gasteiger partial charge in [0.2, 0.25) is 5.91 Å². The first kappa shape index (κ1) is 23.0. The molecule has 2 aromatic carbocycles. The standard InChI is InChI=1S/C21H23BrN2O4S/c1-13-8-14(2)21(15(3)9-13)24-18(25)10-23-19(26)11-28-20(27)12-29-17-6-4-16(22)5-7-17/h4-9H,10-12H2,1-3H3,(H,23,26)(H,24,25). The smallest absolute Gasteiger partial charge is 0.316 e. The van der Waals surface area contributed by atoms with Crippen LogP contribution in [0.3, 0.4) is 0 Å². The number of thioether (sulfide) groups is 1. The molecule has 0 aliphatic carbocycles. The van der Waals surface area contributed by atoms with Gasteiger partial charge in [0.05, 0.1) is 12.3 Å². The number of ether oxygens (including phenoxy) is 1. The fraction of sp³-hybridized carbons (Fsp3) is 0.286. The molecule has 2 rings (SSSR count). The molecule has 2 amide bonds. The maximum Gasteiger partial charge on any atom is 0.316 e. The van der Waals surface area contributed by atoms with Crippen molar-refractivity contribution in [2.24, 2.45) is 0 Å². The normalized spacial score (nSPS) is 10.3. The van der Waals surface area contributed by atoms with Crippen molar-refractivity contribution in [3.63, 3.8) is 0 Å². The second-order valence-electron chi connectivity index (χ2n) is 6.50. The second kappa shape index (κ2) is 11.0. The van der Waals surface area contributed by atoms with Crippen molar-refractivity contribution in [1.29, 1.82) is 0 Å². The number of rotatable bonds is 8. The van der Waals surface area contributed by atoms with Crippen molar-refractivity contribution in [1.82, 2.24) is 5.32 Å². The number of nitrogens with one attached hydrogen (secondary N) is 2. The molecule has 154 valence electrons. The van der Waals surface area contributed by atoms with E-state index in [0.717, 1.165) is 31.7 Å². The van der Waals surface area contributed by atoms with Crippen molar-refractivity contribution in [3.8, 4) is 0 Å². The summed E-state index contributed by atoms with van der Waals surface area (Å²) in [6, 6.07) is 11.5. The van der Waals surface area contributed by atoms with Gasteiger partial charge in [0.25, 0.3) is 5.91 Å². The third kappa shape index (κ3) is 7.91. The zero-order valence-electron chi connectivity index (χ0n) is 16.5. The molecule has 0 spiro atoms. The third-order valence-electron chi connectivity index (χ3n) is 3.92. The van der Waals surface area contributed by atoms with Crippen LogP contribution in [0.5, 0.6) is 0 Å². The zero-order valence-corrected chi connectivity index (χ0v) is 18.9. The van der Waals surface area contributed by atoms with E-state index in [0.29, 0.717) is 0 Å². The summed E-state index contributed by atoms with van der Waals surface area (Å²) in [5.41, 5.74) is 3.77. The monoisotopic (exact) mass is 478 g/mol. The van der Waals surface area contributed by atoms with Crippen molar-refractivity contribution in [2.45, 2.75) is 25.7 Å². The molecule has 29 heavy (non-hydrogen) atoms. The topological polar surface area (TPSA) is 84.5 Å². The Hall–Kier alpha value is -2.32. The van der Waals surface area contributed by atoms with E-state index in [4.69, 9.17) is 4.74 Å². The molecule has 0 saturated carbocycles. The minimum atomic E-state index is -0.528. The number of aryl methyl sites for hydroxylation is 3. The molecule has 6 nitrogen and oxygen atoms in total. The van der Waals surface area contributed by atoms with Gasteiger partial charge in [-0.15, -0.1) is 11.8 Å². The van der Waals surface area contributed by atoms with Crippen LogP contribution < -0.4 is 10.6 Å². The summed E-state index contributed by atoms with van der Waals surface area (Å²) in [6.45, 7) is 5.21. The lowest BCUT2D eigenvalue weighted by molar-refractivity contribution is -0.146. The maximum absolute atomic E-state index is 12.1. The largest absolute Gasteiger partial charge is 0.455 e. The third-order valence-corrected chi connectivity index (χ3v) is 5.44. The predicted octanol–water partition coefficient (Wildman–Crippen LogP) is 3.76. The van der Waals surface area contributed by atoms with E-state index >= 15 is 0 Å². The van der Waals surface area contributed by atoms with Gasteiger partial charge < -0.3 is 15.4 Å². The first-order valence-electron chi connectivity index (χ1n) is 8.93. The molecule has 0 bridgehead atoms. The van der Waals surface area contributed by atoms with Gasteiger partial charge in [-0.05, 0) is 56.2 Å². The molecular weight excluding hydrogens is 456 g/mol. The highest BCUT2D eigenvalue weighted by atomic mass is 79.9. The van der Waals surface area contributed by atoms with E-state index in [1.54, 1.807) is 0 Å². The number of benzene rings is 2. The summed E-state index contributed by atoms with van der Waals surface area (Å²) < 4.78 is 5.89. The van der Waals surface area contributed by atoms with Crippen LogP contribution in [-0.2, 0) is 19.1 Å². The SMILES string of the molecule is Cc1cc(C)c(NC(=O)CNC(=O)COC(=O)CSc2ccc(Br)cc2)c(C)c1. The summed E-state index contributed by atoms with van der Waals surface area (Å²) in [6.07, 6.45) is 0. The number of amides is 2. The number of anilines is 1. The summed E-state index contributed by atoms with van der Waals surface area (Å²) in [4.78, 5) is 36.6. The Kier molecular flexibility index (Phi) is 8.72. The lowest BCUT2D eigenvalue weighted by Gasteiger charge is -2.13. The van der Waals surface area contributed by atoms with Crippen molar-refractivity contribution in [2.75, 3.05) is 24.2 Å². The number of hydrogen-bond donors (Lipinski definition) is 2. The van der Waals surface area contributed by atoms with Crippen LogP contribution in [0.25, 0.3) is 0 Å². The van der Waals surface area contributed by atoms with E-state index < -0.39 is 18.5 Å². The molecule has 0 radical (unpaired) electrons. The highest BCUT2D eigenvalue weighted by molar-refractivity contribution is 9.10. The number of carbonyl (C=O) groups is 3. The summed E-state index contributed by atoms with van der Waals surface area (Å²) in [7, 11) is 0. The molecule has 0 aliphatic heterocycles. The van der Waals surface area contributed by atoms with Crippen LogP contribution >= 0.6 is 27.7 Å². The second-order valence-corrected chi connectivity index (χ2v) is 8.47. The van der Waals surface area contributed by atoms with Crippen LogP contribution in [-0.4, -0.2) is 36.7 Å². The van der Waals surface area contributed by atoms with Crippen LogP contribution in [0.15, 0.2) is 45.8 Å². The Labute approximate surface area is 182 Å². The average Bonchev–Trinajstić information content (AvgIpc) is 2.67. The maximum atomic E-state index is 12.1. The van der Waals surface area contributed by atoms with Crippen LogP contribution in [0.2, 0.25) is 0 Å². The van der Waals surface area contributed by atoms with Gasteiger partial charge in [-0.25, -0.2) is 0 Å². The Morgan fingerprint density at radius 2 is 1.62 bits per heavy atom. The summed E-state index contributed by atoms with van der Waals surface area (Å²) in [5, 5.41) is 5.25. The molecule has 0 atom stereocenters. The van der Waals surface area contributed by atoms with Gasteiger partial charge in [0.15, 0.2) is 6.61 Å². The van der Waals surface area contributed by atoms with Gasteiger partial charge in [-0.1, -0.05) is 33.6 Å². The molecule has 0 aliphatic rings. The number of hydrogen-bond acceptors (Lipinski definition) is 5. The lowest BCUT2D eigenvalue weighted by Crippen LogP contribution is -2.36. The van der Waals surface area contributed by atoms with Crippen molar-refractivity contribution >= 4 is 51.2 Å². The number of halogens is 1. The van der Waals surface area contributed by atoms with Gasteiger partial charge in [-0.3, -0.25) is 14.4 Å². The molecule has 0 unspecified atom stereocenters. The molecule has 0 aromatic heterocycles. The quantitative estimate of drug-likeness (QED) is 0.445. The predicted molar refractivity (Wildman–Crippen MR) is 118 cm³/mol. The molecule has 0 fully saturated rings. The Morgan fingerprint density at radius 3 is 2.24 bits per heavy atom. The highest BCUT2D eigenvalue weighted by Gasteiger charge is 2.12. The van der Waals surface area contributed by atoms with Gasteiger partial charge in [-0.2, -0.15) is 0 Å². The van der Waals surface area contributed by atoms with E-state index in [1.807, 2.05) is 57.2 Å². The average molecular weight is 479 g/mol. The van der Waals surface area contributed by atoms with Gasteiger partial charge >= 0.3 is 5.97 Å². The molecule has 2 aromatic rings. The van der Waals surface area contributed by atoms with Crippen molar-refractivity contribution < 1.29 is 19.1 Å². The Balaban J connectivity index is 1.69. The van der Waals surface area contributed by atoms with Crippen LogP contribution in [0.4, 0.5) is 5.69 Å². The van der Waals surface area contributed by atoms with E-state index in [9.17, 15) is 14.4 Å². The molecule has 0 saturated heterocycles. The van der Waals surface area contributed by atoms with E-state index in [2.05, 4.69) is 26.6 Å². The fourth-order valence-electron chi connectivity index (χ4n) is 2.65. The summed E-state index contributed by atoms with van der Waals surface area (Å²) in [5.74, 6) is -1.27.